The Labute approximate surface area is 142 Å². The number of para-hydroxylation sites is 2. The first-order valence-electron chi connectivity index (χ1n) is 8.39. The van der Waals surface area contributed by atoms with Gasteiger partial charge in [0, 0.05) is 19.6 Å². The minimum absolute atomic E-state index is 0.564. The number of nitrogens with one attached hydrogen (secondary N) is 1. The summed E-state index contributed by atoms with van der Waals surface area (Å²) in [5, 5.41) is 3.48. The molecule has 0 amide bonds. The van der Waals surface area contributed by atoms with E-state index in [4.69, 9.17) is 14.2 Å². The lowest BCUT2D eigenvalue weighted by atomic mass is 9.92. The van der Waals surface area contributed by atoms with Crippen molar-refractivity contribution >= 4 is 0 Å². The molecule has 1 N–H and O–H groups in total. The van der Waals surface area contributed by atoms with E-state index in [1.54, 1.807) is 6.26 Å². The first kappa shape index (κ1) is 15.2. The Kier molecular flexibility index (Phi) is 4.24. The van der Waals surface area contributed by atoms with E-state index in [9.17, 15) is 0 Å². The van der Waals surface area contributed by atoms with Gasteiger partial charge in [-0.3, -0.25) is 0 Å². The molecule has 4 nitrogen and oxygen atoms in total. The second-order valence-electron chi connectivity index (χ2n) is 6.18. The molecule has 2 aliphatic heterocycles. The standard InChI is InChI=1S/C20H21NO3/c1-2-7-16(8-3-1)13-20(15-21-11-6-12-23-20)19-14-22-17-9-4-5-10-18(17)24-19/h1-5,7-10,14,21H,6,11-13,15H2. The Morgan fingerprint density at radius 2 is 1.75 bits per heavy atom. The van der Waals surface area contributed by atoms with Crippen LogP contribution in [0.2, 0.25) is 0 Å². The number of benzene rings is 2. The minimum Gasteiger partial charge on any atom is -0.457 e. The first-order chi connectivity index (χ1) is 11.9. The predicted octanol–water partition coefficient (Wildman–Crippen LogP) is 3.29. The zero-order valence-corrected chi connectivity index (χ0v) is 13.5. The Hall–Kier alpha value is -2.30. The highest BCUT2D eigenvalue weighted by atomic mass is 16.6. The highest BCUT2D eigenvalue weighted by Crippen LogP contribution is 2.37. The maximum absolute atomic E-state index is 6.31. The van der Waals surface area contributed by atoms with Crippen LogP contribution in [0, 0.1) is 0 Å². The van der Waals surface area contributed by atoms with Crippen LogP contribution in [0.3, 0.4) is 0 Å². The zero-order valence-electron chi connectivity index (χ0n) is 13.5. The average Bonchev–Trinajstić information content (AvgIpc) is 2.89. The molecule has 2 aromatic rings. The zero-order chi connectivity index (χ0) is 16.2. The van der Waals surface area contributed by atoms with Gasteiger partial charge in [0.25, 0.3) is 0 Å². The maximum atomic E-state index is 6.31. The Balaban J connectivity index is 1.67. The van der Waals surface area contributed by atoms with Gasteiger partial charge in [0.15, 0.2) is 17.3 Å². The summed E-state index contributed by atoms with van der Waals surface area (Å²) in [6.07, 6.45) is 3.41. The summed E-state index contributed by atoms with van der Waals surface area (Å²) in [6.45, 7) is 2.34. The third-order valence-corrected chi connectivity index (χ3v) is 4.43. The topological polar surface area (TPSA) is 39.7 Å². The van der Waals surface area contributed by atoms with Crippen molar-refractivity contribution in [2.75, 3.05) is 19.7 Å². The predicted molar refractivity (Wildman–Crippen MR) is 92.1 cm³/mol. The molecule has 1 fully saturated rings. The molecule has 0 radical (unpaired) electrons. The summed E-state index contributed by atoms with van der Waals surface area (Å²) in [5.41, 5.74) is 0.648. The molecular weight excluding hydrogens is 302 g/mol. The quantitative estimate of drug-likeness (QED) is 0.941. The van der Waals surface area contributed by atoms with Gasteiger partial charge in [0.05, 0.1) is 0 Å². The fourth-order valence-corrected chi connectivity index (χ4v) is 3.18. The minimum atomic E-state index is -0.564. The van der Waals surface area contributed by atoms with Gasteiger partial charge in [-0.15, -0.1) is 0 Å². The van der Waals surface area contributed by atoms with Crippen molar-refractivity contribution in [3.63, 3.8) is 0 Å². The molecule has 0 bridgehead atoms. The van der Waals surface area contributed by atoms with E-state index >= 15 is 0 Å². The second kappa shape index (κ2) is 6.67. The molecule has 24 heavy (non-hydrogen) atoms. The van der Waals surface area contributed by atoms with Crippen LogP contribution >= 0.6 is 0 Å². The molecule has 0 saturated carbocycles. The first-order valence-corrected chi connectivity index (χ1v) is 8.39. The third kappa shape index (κ3) is 3.03. The Morgan fingerprint density at radius 3 is 2.62 bits per heavy atom. The van der Waals surface area contributed by atoms with Gasteiger partial charge in [-0.05, 0) is 30.7 Å². The molecule has 2 aliphatic rings. The van der Waals surface area contributed by atoms with Gasteiger partial charge in [-0.1, -0.05) is 42.5 Å². The van der Waals surface area contributed by atoms with Crippen molar-refractivity contribution in [1.29, 1.82) is 0 Å². The summed E-state index contributed by atoms with van der Waals surface area (Å²) < 4.78 is 18.3. The van der Waals surface area contributed by atoms with Crippen LogP contribution in [0.15, 0.2) is 66.6 Å². The molecule has 0 aliphatic carbocycles. The van der Waals surface area contributed by atoms with Gasteiger partial charge < -0.3 is 19.5 Å². The summed E-state index contributed by atoms with van der Waals surface area (Å²) >= 11 is 0. The van der Waals surface area contributed by atoms with Crippen LogP contribution in [0.4, 0.5) is 0 Å². The van der Waals surface area contributed by atoms with Gasteiger partial charge in [-0.2, -0.15) is 0 Å². The molecule has 1 saturated heterocycles. The smallest absolute Gasteiger partial charge is 0.173 e. The summed E-state index contributed by atoms with van der Waals surface area (Å²) in [4.78, 5) is 0. The van der Waals surface area contributed by atoms with Crippen molar-refractivity contribution in [2.45, 2.75) is 18.4 Å². The van der Waals surface area contributed by atoms with Crippen LogP contribution in [-0.2, 0) is 11.2 Å². The normalized spacial score (nSPS) is 23.2. The summed E-state index contributed by atoms with van der Waals surface area (Å²) in [5.74, 6) is 2.19. The maximum Gasteiger partial charge on any atom is 0.173 e. The van der Waals surface area contributed by atoms with Gasteiger partial charge in [-0.25, -0.2) is 0 Å². The van der Waals surface area contributed by atoms with E-state index in [-0.39, 0.29) is 0 Å². The molecule has 2 heterocycles. The molecule has 4 rings (SSSR count). The lowest BCUT2D eigenvalue weighted by Crippen LogP contribution is -2.47. The van der Waals surface area contributed by atoms with E-state index in [2.05, 4.69) is 29.6 Å². The molecule has 1 unspecified atom stereocenters. The van der Waals surface area contributed by atoms with E-state index in [0.29, 0.717) is 13.2 Å². The van der Waals surface area contributed by atoms with Gasteiger partial charge in [0.2, 0.25) is 0 Å². The van der Waals surface area contributed by atoms with Crippen LogP contribution < -0.4 is 14.8 Å². The number of rotatable bonds is 3. The van der Waals surface area contributed by atoms with Crippen molar-refractivity contribution in [1.82, 2.24) is 5.32 Å². The van der Waals surface area contributed by atoms with E-state index in [1.165, 1.54) is 5.56 Å². The van der Waals surface area contributed by atoms with Gasteiger partial charge in [0.1, 0.15) is 11.9 Å². The largest absolute Gasteiger partial charge is 0.457 e. The second-order valence-corrected chi connectivity index (χ2v) is 6.18. The highest BCUT2D eigenvalue weighted by Gasteiger charge is 2.40. The van der Waals surface area contributed by atoms with E-state index in [1.807, 2.05) is 30.3 Å². The lowest BCUT2D eigenvalue weighted by Gasteiger charge is -2.35. The number of hydrogen-bond acceptors (Lipinski definition) is 4. The molecule has 4 heteroatoms. The molecule has 2 aromatic carbocycles. The average molecular weight is 323 g/mol. The SMILES string of the molecule is C1=C(C2(Cc3ccccc3)CNCCCO2)Oc2ccccc2O1. The number of hydrogen-bond donors (Lipinski definition) is 1. The van der Waals surface area contributed by atoms with Gasteiger partial charge >= 0.3 is 0 Å². The number of fused-ring (bicyclic) bond motifs is 1. The third-order valence-electron chi connectivity index (χ3n) is 4.43. The molecule has 124 valence electrons. The van der Waals surface area contributed by atoms with E-state index in [0.717, 1.165) is 36.6 Å². The number of ether oxygens (including phenoxy) is 3. The summed E-state index contributed by atoms with van der Waals surface area (Å²) in [7, 11) is 0. The van der Waals surface area contributed by atoms with Crippen molar-refractivity contribution in [3.05, 3.63) is 72.2 Å². The lowest BCUT2D eigenvalue weighted by molar-refractivity contribution is -0.0320. The fourth-order valence-electron chi connectivity index (χ4n) is 3.18. The fraction of sp³-hybridized carbons (Fsp3) is 0.300. The van der Waals surface area contributed by atoms with E-state index < -0.39 is 5.60 Å². The Morgan fingerprint density at radius 1 is 0.958 bits per heavy atom. The van der Waals surface area contributed by atoms with Crippen molar-refractivity contribution in [2.24, 2.45) is 0 Å². The monoisotopic (exact) mass is 323 g/mol. The molecule has 0 spiro atoms. The highest BCUT2D eigenvalue weighted by molar-refractivity contribution is 5.44. The Bertz CT molecular complexity index is 719. The van der Waals surface area contributed by atoms with Crippen LogP contribution in [0.5, 0.6) is 11.5 Å². The van der Waals surface area contributed by atoms with Crippen molar-refractivity contribution in [3.8, 4) is 11.5 Å². The molecular formula is C20H21NO3. The van der Waals surface area contributed by atoms with Crippen LogP contribution in [0.25, 0.3) is 0 Å². The van der Waals surface area contributed by atoms with Crippen molar-refractivity contribution < 1.29 is 14.2 Å². The molecule has 1 atom stereocenters. The van der Waals surface area contributed by atoms with Crippen LogP contribution in [-0.4, -0.2) is 25.3 Å². The summed E-state index contributed by atoms with van der Waals surface area (Å²) in [6, 6.07) is 18.1. The molecule has 0 aromatic heterocycles. The van der Waals surface area contributed by atoms with Crippen LogP contribution in [0.1, 0.15) is 12.0 Å².